The highest BCUT2D eigenvalue weighted by Crippen LogP contribution is 2.22. The van der Waals surface area contributed by atoms with E-state index < -0.39 is 0 Å². The predicted molar refractivity (Wildman–Crippen MR) is 77.4 cm³/mol. The Morgan fingerprint density at radius 2 is 2.05 bits per heavy atom. The molecule has 0 saturated carbocycles. The largest absolute Gasteiger partial charge is 0.370 e. The number of morpholine rings is 1. The first-order valence-corrected chi connectivity index (χ1v) is 7.04. The highest BCUT2D eigenvalue weighted by atomic mass is 16.5. The van der Waals surface area contributed by atoms with Gasteiger partial charge < -0.3 is 14.4 Å². The molecular formula is C16H23NO3. The van der Waals surface area contributed by atoms with Crippen molar-refractivity contribution in [1.82, 2.24) is 4.90 Å². The second-order valence-corrected chi connectivity index (χ2v) is 6.01. The fourth-order valence-electron chi connectivity index (χ4n) is 2.11. The van der Waals surface area contributed by atoms with Gasteiger partial charge in [-0.25, -0.2) is 0 Å². The number of hydrogen-bond donors (Lipinski definition) is 0. The molecule has 0 bridgehead atoms. The predicted octanol–water partition coefficient (Wildman–Crippen LogP) is 2.40. The Morgan fingerprint density at radius 1 is 1.35 bits per heavy atom. The van der Waals surface area contributed by atoms with E-state index in [0.717, 1.165) is 5.56 Å². The van der Waals surface area contributed by atoms with Crippen molar-refractivity contribution in [1.29, 1.82) is 0 Å². The quantitative estimate of drug-likeness (QED) is 0.851. The van der Waals surface area contributed by atoms with Gasteiger partial charge in [-0.2, -0.15) is 0 Å². The lowest BCUT2D eigenvalue weighted by Crippen LogP contribution is -2.44. The third kappa shape index (κ3) is 4.32. The van der Waals surface area contributed by atoms with Crippen LogP contribution in [0.25, 0.3) is 0 Å². The maximum Gasteiger partial charge on any atom is 0.248 e. The van der Waals surface area contributed by atoms with E-state index in [4.69, 9.17) is 9.47 Å². The number of rotatable bonds is 3. The lowest BCUT2D eigenvalue weighted by Gasteiger charge is -2.33. The number of hydrogen-bond acceptors (Lipinski definition) is 3. The van der Waals surface area contributed by atoms with Crippen LogP contribution in [0.2, 0.25) is 0 Å². The molecule has 1 aromatic rings. The summed E-state index contributed by atoms with van der Waals surface area (Å²) in [5.74, 6) is 0.0316. The zero-order valence-electron chi connectivity index (χ0n) is 12.5. The topological polar surface area (TPSA) is 38.8 Å². The summed E-state index contributed by atoms with van der Waals surface area (Å²) in [5.41, 5.74) is 0.822. The van der Waals surface area contributed by atoms with Crippen molar-refractivity contribution in [2.75, 3.05) is 26.3 Å². The van der Waals surface area contributed by atoms with E-state index in [0.29, 0.717) is 19.7 Å². The van der Waals surface area contributed by atoms with Crippen LogP contribution in [0, 0.1) is 0 Å². The van der Waals surface area contributed by atoms with Crippen LogP contribution in [0.1, 0.15) is 32.4 Å². The molecule has 0 aromatic heterocycles. The molecule has 1 amide bonds. The van der Waals surface area contributed by atoms with Crippen molar-refractivity contribution in [3.63, 3.8) is 0 Å². The maximum absolute atomic E-state index is 12.2. The fourth-order valence-corrected chi connectivity index (χ4v) is 2.11. The van der Waals surface area contributed by atoms with Gasteiger partial charge in [0.1, 0.15) is 12.7 Å². The van der Waals surface area contributed by atoms with Gasteiger partial charge in [0.15, 0.2) is 0 Å². The van der Waals surface area contributed by atoms with Crippen LogP contribution in [0.4, 0.5) is 0 Å². The van der Waals surface area contributed by atoms with Crippen molar-refractivity contribution in [2.45, 2.75) is 32.5 Å². The molecule has 2 rings (SSSR count). The Hall–Kier alpha value is -1.39. The van der Waals surface area contributed by atoms with Crippen LogP contribution < -0.4 is 0 Å². The van der Waals surface area contributed by atoms with Gasteiger partial charge in [0.05, 0.1) is 18.8 Å². The van der Waals surface area contributed by atoms with Gasteiger partial charge >= 0.3 is 0 Å². The minimum Gasteiger partial charge on any atom is -0.370 e. The Morgan fingerprint density at radius 3 is 2.70 bits per heavy atom. The second kappa shape index (κ2) is 6.37. The molecule has 4 heteroatoms. The Bertz CT molecular complexity index is 439. The highest BCUT2D eigenvalue weighted by Gasteiger charge is 2.26. The molecule has 4 nitrogen and oxygen atoms in total. The smallest absolute Gasteiger partial charge is 0.248 e. The standard InChI is InChI=1S/C16H23NO3/c1-16(2,3)20-12-15(18)17-9-10-19-14(11-17)13-7-5-4-6-8-13/h4-8,14H,9-12H2,1-3H3. The molecule has 1 unspecified atom stereocenters. The Labute approximate surface area is 120 Å². The molecule has 0 spiro atoms. The fraction of sp³-hybridized carbons (Fsp3) is 0.562. The van der Waals surface area contributed by atoms with Gasteiger partial charge in [-0.3, -0.25) is 4.79 Å². The van der Waals surface area contributed by atoms with Crippen LogP contribution in [0.3, 0.4) is 0 Å². The summed E-state index contributed by atoms with van der Waals surface area (Å²) in [6.45, 7) is 7.78. The van der Waals surface area contributed by atoms with E-state index in [1.807, 2.05) is 56.0 Å². The van der Waals surface area contributed by atoms with Gasteiger partial charge in [0.25, 0.3) is 0 Å². The first-order chi connectivity index (χ1) is 9.46. The lowest BCUT2D eigenvalue weighted by molar-refractivity contribution is -0.148. The summed E-state index contributed by atoms with van der Waals surface area (Å²) >= 11 is 0. The van der Waals surface area contributed by atoms with Gasteiger partial charge in [-0.15, -0.1) is 0 Å². The molecule has 1 saturated heterocycles. The molecule has 1 aliphatic rings. The summed E-state index contributed by atoms with van der Waals surface area (Å²) in [7, 11) is 0. The van der Waals surface area contributed by atoms with Crippen molar-refractivity contribution < 1.29 is 14.3 Å². The summed E-state index contributed by atoms with van der Waals surface area (Å²) in [6.07, 6.45) is -0.0384. The third-order valence-corrected chi connectivity index (χ3v) is 3.22. The zero-order chi connectivity index (χ0) is 14.6. The third-order valence-electron chi connectivity index (χ3n) is 3.22. The molecule has 1 atom stereocenters. The van der Waals surface area contributed by atoms with E-state index in [1.165, 1.54) is 0 Å². The average molecular weight is 277 g/mol. The van der Waals surface area contributed by atoms with Gasteiger partial charge in [0, 0.05) is 6.54 Å². The van der Waals surface area contributed by atoms with E-state index in [-0.39, 0.29) is 24.2 Å². The molecule has 110 valence electrons. The number of carbonyl (C=O) groups excluding carboxylic acids is 1. The van der Waals surface area contributed by atoms with E-state index in [1.54, 1.807) is 0 Å². The molecule has 1 heterocycles. The number of ether oxygens (including phenoxy) is 2. The Balaban J connectivity index is 1.92. The molecular weight excluding hydrogens is 254 g/mol. The van der Waals surface area contributed by atoms with Crippen LogP contribution >= 0.6 is 0 Å². The second-order valence-electron chi connectivity index (χ2n) is 6.01. The van der Waals surface area contributed by atoms with Crippen molar-refractivity contribution in [3.05, 3.63) is 35.9 Å². The number of nitrogens with zero attached hydrogens (tertiary/aromatic N) is 1. The van der Waals surface area contributed by atoms with Crippen LogP contribution in [-0.4, -0.2) is 42.7 Å². The van der Waals surface area contributed by atoms with Crippen molar-refractivity contribution in [2.24, 2.45) is 0 Å². The first kappa shape index (κ1) is 15.0. The van der Waals surface area contributed by atoms with E-state index in [2.05, 4.69) is 0 Å². The molecule has 20 heavy (non-hydrogen) atoms. The normalized spacial score (nSPS) is 19.9. The molecule has 0 radical (unpaired) electrons. The minimum absolute atomic E-state index is 0.0316. The zero-order valence-corrected chi connectivity index (χ0v) is 12.5. The summed E-state index contributed by atoms with van der Waals surface area (Å²) in [6, 6.07) is 10.0. The highest BCUT2D eigenvalue weighted by molar-refractivity contribution is 5.77. The van der Waals surface area contributed by atoms with Crippen molar-refractivity contribution in [3.8, 4) is 0 Å². The van der Waals surface area contributed by atoms with Crippen LogP contribution in [-0.2, 0) is 14.3 Å². The molecule has 1 fully saturated rings. The molecule has 0 N–H and O–H groups in total. The van der Waals surface area contributed by atoms with Crippen LogP contribution in [0.5, 0.6) is 0 Å². The lowest BCUT2D eigenvalue weighted by atomic mass is 10.1. The summed E-state index contributed by atoms with van der Waals surface area (Å²) in [4.78, 5) is 14.0. The number of benzene rings is 1. The van der Waals surface area contributed by atoms with Gasteiger partial charge in [-0.1, -0.05) is 30.3 Å². The van der Waals surface area contributed by atoms with Crippen molar-refractivity contribution >= 4 is 5.91 Å². The van der Waals surface area contributed by atoms with E-state index >= 15 is 0 Å². The molecule has 1 aliphatic heterocycles. The monoisotopic (exact) mass is 277 g/mol. The van der Waals surface area contributed by atoms with Crippen LogP contribution in [0.15, 0.2) is 30.3 Å². The average Bonchev–Trinajstić information content (AvgIpc) is 2.45. The SMILES string of the molecule is CC(C)(C)OCC(=O)N1CCOC(c2ccccc2)C1. The minimum atomic E-state index is -0.291. The summed E-state index contributed by atoms with van der Waals surface area (Å²) in [5, 5.41) is 0. The van der Waals surface area contributed by atoms with E-state index in [9.17, 15) is 4.79 Å². The molecule has 1 aromatic carbocycles. The number of amides is 1. The maximum atomic E-state index is 12.2. The number of carbonyl (C=O) groups is 1. The molecule has 0 aliphatic carbocycles. The Kier molecular flexibility index (Phi) is 4.78. The summed E-state index contributed by atoms with van der Waals surface area (Å²) < 4.78 is 11.3. The first-order valence-electron chi connectivity index (χ1n) is 7.04. The van der Waals surface area contributed by atoms with Gasteiger partial charge in [0.2, 0.25) is 5.91 Å². The van der Waals surface area contributed by atoms with Gasteiger partial charge in [-0.05, 0) is 26.3 Å².